The van der Waals surface area contributed by atoms with Crippen LogP contribution in [0.5, 0.6) is 0 Å². The van der Waals surface area contributed by atoms with E-state index in [9.17, 15) is 25.3 Å². The molecule has 1 unspecified atom stereocenters. The van der Waals surface area contributed by atoms with Crippen molar-refractivity contribution in [3.63, 3.8) is 0 Å². The quantitative estimate of drug-likeness (QED) is 0.327. The Morgan fingerprint density at radius 2 is 2.19 bits per heavy atom. The van der Waals surface area contributed by atoms with E-state index in [2.05, 4.69) is 20.3 Å². The topological polar surface area (TPSA) is 166 Å². The first kappa shape index (κ1) is 18.4. The molecule has 2 aromatic rings. The molecule has 12 heteroatoms. The smallest absolute Gasteiger partial charge is 0.347 e. The zero-order valence-electron chi connectivity index (χ0n) is 14.1. The van der Waals surface area contributed by atoms with E-state index in [0.717, 1.165) is 6.33 Å². The number of aromatic nitrogens is 4. The molecule has 12 nitrogen and oxygen atoms in total. The Morgan fingerprint density at radius 3 is 2.81 bits per heavy atom. The molecule has 1 saturated heterocycles. The maximum atomic E-state index is 11.8. The first-order valence-electron chi connectivity index (χ1n) is 7.94. The van der Waals surface area contributed by atoms with Gasteiger partial charge in [0, 0.05) is 6.54 Å². The van der Waals surface area contributed by atoms with Crippen LogP contribution in [0.25, 0.3) is 11.2 Å². The van der Waals surface area contributed by atoms with Crippen molar-refractivity contribution in [1.29, 1.82) is 0 Å². The zero-order valence-corrected chi connectivity index (χ0v) is 14.1. The van der Waals surface area contributed by atoms with Crippen LogP contribution in [0.2, 0.25) is 0 Å². The number of nitrogens with zero attached hydrogens (tertiary/aromatic N) is 5. The summed E-state index contributed by atoms with van der Waals surface area (Å²) in [7, 11) is 0. The van der Waals surface area contributed by atoms with Crippen molar-refractivity contribution >= 4 is 23.0 Å². The van der Waals surface area contributed by atoms with Gasteiger partial charge in [0.2, 0.25) is 0 Å². The summed E-state index contributed by atoms with van der Waals surface area (Å²) in [6.07, 6.45) is -1.03. The highest BCUT2D eigenvalue weighted by atomic mass is 16.6. The number of carbonyl (C=O) groups excluding carboxylic acids is 1. The molecule has 3 rings (SSSR count). The Hall–Kier alpha value is -2.38. The van der Waals surface area contributed by atoms with Crippen LogP contribution in [0.4, 0.5) is 10.6 Å². The Morgan fingerprint density at radius 1 is 1.46 bits per heavy atom. The number of hydrogen-bond donors (Lipinski definition) is 5. The van der Waals surface area contributed by atoms with Crippen LogP contribution < -0.4 is 10.4 Å². The molecule has 142 valence electrons. The molecule has 0 saturated carbocycles. The van der Waals surface area contributed by atoms with Crippen LogP contribution in [0.1, 0.15) is 20.1 Å². The van der Waals surface area contributed by atoms with Crippen LogP contribution in [0.15, 0.2) is 12.7 Å². The van der Waals surface area contributed by atoms with Crippen molar-refractivity contribution in [2.24, 2.45) is 0 Å². The maximum Gasteiger partial charge on any atom is 0.347 e. The number of hydroxylamine groups is 1. The number of fused-ring (bicyclic) bond motifs is 1. The summed E-state index contributed by atoms with van der Waals surface area (Å²) in [5.74, 6) is -0.156. The van der Waals surface area contributed by atoms with Crippen LogP contribution in [0.3, 0.4) is 0 Å². The number of carbonyl (C=O) groups is 1. The average Bonchev–Trinajstić information content (AvgIpc) is 3.13. The van der Waals surface area contributed by atoms with Crippen LogP contribution in [-0.4, -0.2) is 77.0 Å². The Kier molecular flexibility index (Phi) is 4.77. The third kappa shape index (κ3) is 2.77. The number of ether oxygens (including phenoxy) is 1. The molecule has 5 N–H and O–H groups in total. The summed E-state index contributed by atoms with van der Waals surface area (Å²) < 4.78 is 6.87. The molecule has 1 fully saturated rings. The summed E-state index contributed by atoms with van der Waals surface area (Å²) in [6.45, 7) is 2.87. The van der Waals surface area contributed by atoms with Crippen molar-refractivity contribution in [2.75, 3.05) is 18.2 Å². The second-order valence-electron chi connectivity index (χ2n) is 6.05. The third-order valence-electron chi connectivity index (χ3n) is 4.25. The molecule has 4 atom stereocenters. The number of aliphatic hydroxyl groups is 3. The summed E-state index contributed by atoms with van der Waals surface area (Å²) in [5, 5.41) is 42.8. The van der Waals surface area contributed by atoms with Gasteiger partial charge >= 0.3 is 6.03 Å². The second-order valence-corrected chi connectivity index (χ2v) is 6.05. The zero-order chi connectivity index (χ0) is 19.1. The van der Waals surface area contributed by atoms with E-state index in [1.807, 2.05) is 0 Å². The van der Waals surface area contributed by atoms with Crippen molar-refractivity contribution < 1.29 is 30.1 Å². The SMILES string of the molecule is CCNC(=O)N(O)c1ncnc2c1ncn2C1O[C@H](CO)[C@@H](O)[C@@]1(C)O. The van der Waals surface area contributed by atoms with E-state index in [1.165, 1.54) is 17.8 Å². The summed E-state index contributed by atoms with van der Waals surface area (Å²) in [6, 6.07) is -0.790. The van der Waals surface area contributed by atoms with Crippen molar-refractivity contribution in [2.45, 2.75) is 37.9 Å². The van der Waals surface area contributed by atoms with Gasteiger partial charge in [-0.1, -0.05) is 0 Å². The largest absolute Gasteiger partial charge is 0.394 e. The van der Waals surface area contributed by atoms with Gasteiger partial charge < -0.3 is 25.4 Å². The van der Waals surface area contributed by atoms with Gasteiger partial charge in [0.05, 0.1) is 12.9 Å². The van der Waals surface area contributed by atoms with Gasteiger partial charge in [0.1, 0.15) is 24.1 Å². The van der Waals surface area contributed by atoms with E-state index in [1.54, 1.807) is 6.92 Å². The average molecular weight is 368 g/mol. The molecule has 0 bridgehead atoms. The van der Waals surface area contributed by atoms with Gasteiger partial charge in [-0.05, 0) is 13.8 Å². The van der Waals surface area contributed by atoms with E-state index in [4.69, 9.17) is 4.74 Å². The fraction of sp³-hybridized carbons (Fsp3) is 0.571. The van der Waals surface area contributed by atoms with Gasteiger partial charge in [-0.2, -0.15) is 5.06 Å². The monoisotopic (exact) mass is 368 g/mol. The molecule has 0 aromatic carbocycles. The van der Waals surface area contributed by atoms with Gasteiger partial charge in [0.15, 0.2) is 23.2 Å². The van der Waals surface area contributed by atoms with Crippen LogP contribution >= 0.6 is 0 Å². The first-order chi connectivity index (χ1) is 12.3. The molecule has 1 aliphatic rings. The highest BCUT2D eigenvalue weighted by molar-refractivity contribution is 5.96. The normalized spacial score (nSPS) is 28.5. The lowest BCUT2D eigenvalue weighted by molar-refractivity contribution is -0.0950. The minimum Gasteiger partial charge on any atom is -0.394 e. The molecular formula is C14H20N6O6. The van der Waals surface area contributed by atoms with Gasteiger partial charge in [-0.25, -0.2) is 19.7 Å². The number of nitrogens with one attached hydrogen (secondary N) is 1. The van der Waals surface area contributed by atoms with Gasteiger partial charge in [-0.3, -0.25) is 9.77 Å². The lowest BCUT2D eigenvalue weighted by Crippen LogP contribution is -2.44. The number of rotatable bonds is 4. The molecule has 1 aliphatic heterocycles. The second kappa shape index (κ2) is 6.74. The predicted octanol–water partition coefficient (Wildman–Crippen LogP) is -1.25. The molecule has 2 aromatic heterocycles. The molecular weight excluding hydrogens is 348 g/mol. The lowest BCUT2D eigenvalue weighted by atomic mass is 9.96. The number of amides is 2. The summed E-state index contributed by atoms with van der Waals surface area (Å²) >= 11 is 0. The number of imidazole rings is 1. The number of anilines is 1. The fourth-order valence-electron chi connectivity index (χ4n) is 2.88. The highest BCUT2D eigenvalue weighted by Crippen LogP contribution is 2.39. The van der Waals surface area contributed by atoms with Crippen molar-refractivity contribution in [1.82, 2.24) is 24.8 Å². The Balaban J connectivity index is 2.03. The van der Waals surface area contributed by atoms with E-state index >= 15 is 0 Å². The molecule has 26 heavy (non-hydrogen) atoms. The molecule has 0 aliphatic carbocycles. The van der Waals surface area contributed by atoms with Crippen molar-refractivity contribution in [3.05, 3.63) is 12.7 Å². The Bertz CT molecular complexity index is 810. The molecule has 0 spiro atoms. The van der Waals surface area contributed by atoms with E-state index < -0.39 is 36.7 Å². The molecule has 0 radical (unpaired) electrons. The minimum atomic E-state index is -1.73. The molecule has 3 heterocycles. The predicted molar refractivity (Wildman–Crippen MR) is 86.3 cm³/mol. The van der Waals surface area contributed by atoms with Crippen LogP contribution in [-0.2, 0) is 4.74 Å². The fourth-order valence-corrected chi connectivity index (χ4v) is 2.88. The van der Waals surface area contributed by atoms with E-state index in [-0.39, 0.29) is 17.0 Å². The third-order valence-corrected chi connectivity index (χ3v) is 4.25. The highest BCUT2D eigenvalue weighted by Gasteiger charge is 2.53. The number of hydrogen-bond acceptors (Lipinski definition) is 9. The maximum absolute atomic E-state index is 11.8. The van der Waals surface area contributed by atoms with Gasteiger partial charge in [-0.15, -0.1) is 0 Å². The first-order valence-corrected chi connectivity index (χ1v) is 7.94. The summed E-state index contributed by atoms with van der Waals surface area (Å²) in [5.41, 5.74) is -1.48. The Labute approximate surface area is 147 Å². The number of urea groups is 1. The molecule has 2 amide bonds. The van der Waals surface area contributed by atoms with E-state index in [0.29, 0.717) is 11.6 Å². The minimum absolute atomic E-state index is 0.0857. The lowest BCUT2D eigenvalue weighted by Gasteiger charge is -2.27. The number of aliphatic hydroxyl groups excluding tert-OH is 2. The van der Waals surface area contributed by atoms with Crippen LogP contribution in [0, 0.1) is 0 Å². The van der Waals surface area contributed by atoms with Crippen molar-refractivity contribution in [3.8, 4) is 0 Å². The summed E-state index contributed by atoms with van der Waals surface area (Å²) in [4.78, 5) is 23.8. The standard InChI is InChI=1S/C14H20N6O6/c1-3-15-13(23)20(25)11-8-10(16-5-17-11)19(6-18-8)12-14(2,24)9(22)7(4-21)26-12/h5-7,9,12,21-22,24-25H,3-4H2,1-2H3,(H,15,23)/t7-,9-,12?,14-/m1/s1. The van der Waals surface area contributed by atoms with Gasteiger partial charge in [0.25, 0.3) is 0 Å².